The van der Waals surface area contributed by atoms with E-state index in [0.717, 1.165) is 30.7 Å². The summed E-state index contributed by atoms with van der Waals surface area (Å²) in [6.07, 6.45) is 2.28. The Morgan fingerprint density at radius 1 is 1.15 bits per heavy atom. The average Bonchev–Trinajstić information content (AvgIpc) is 2.62. The number of ether oxygens (including phenoxy) is 1. The number of hydrogen-bond acceptors (Lipinski definition) is 3. The van der Waals surface area contributed by atoms with Crippen LogP contribution in [0.1, 0.15) is 62.4 Å². The molecule has 0 saturated carbocycles. The molecule has 3 nitrogen and oxygen atoms in total. The van der Waals surface area contributed by atoms with Crippen LogP contribution in [0.5, 0.6) is 5.75 Å². The Bertz CT molecular complexity index is 827. The van der Waals surface area contributed by atoms with Gasteiger partial charge in [-0.15, -0.1) is 0 Å². The maximum atomic E-state index is 9.76. The van der Waals surface area contributed by atoms with Crippen LogP contribution < -0.4 is 5.32 Å². The van der Waals surface area contributed by atoms with E-state index < -0.39 is 0 Å². The average molecular weight is 372 g/mol. The summed E-state index contributed by atoms with van der Waals surface area (Å²) in [7, 11) is 0. The van der Waals surface area contributed by atoms with E-state index in [1.54, 1.807) is 6.07 Å². The summed E-state index contributed by atoms with van der Waals surface area (Å²) in [5, 5.41) is 13.9. The molecule has 138 valence electrons. The number of benzene rings is 2. The summed E-state index contributed by atoms with van der Waals surface area (Å²) in [6.45, 7) is 7.53. The highest BCUT2D eigenvalue weighted by Gasteiger charge is 2.40. The summed E-state index contributed by atoms with van der Waals surface area (Å²) in [4.78, 5) is 0. The Hall–Kier alpha value is -1.71. The second kappa shape index (κ2) is 6.47. The normalized spacial score (nSPS) is 25.2. The molecule has 2 heterocycles. The van der Waals surface area contributed by atoms with E-state index in [4.69, 9.17) is 16.3 Å². The Morgan fingerprint density at radius 2 is 1.96 bits per heavy atom. The molecule has 0 radical (unpaired) electrons. The van der Waals surface area contributed by atoms with Crippen molar-refractivity contribution >= 4 is 17.3 Å². The first kappa shape index (κ1) is 17.7. The molecule has 2 aromatic carbocycles. The van der Waals surface area contributed by atoms with Gasteiger partial charge in [-0.3, -0.25) is 0 Å². The van der Waals surface area contributed by atoms with Crippen molar-refractivity contribution in [1.82, 2.24) is 0 Å². The maximum Gasteiger partial charge on any atom is 0.134 e. The van der Waals surface area contributed by atoms with Crippen LogP contribution in [0.2, 0.25) is 5.02 Å². The fourth-order valence-corrected chi connectivity index (χ4v) is 4.37. The Labute approximate surface area is 160 Å². The van der Waals surface area contributed by atoms with Gasteiger partial charge in [0.2, 0.25) is 0 Å². The Kier molecular flexibility index (Phi) is 4.40. The molecule has 2 aliphatic heterocycles. The van der Waals surface area contributed by atoms with Crippen LogP contribution >= 0.6 is 11.6 Å². The minimum atomic E-state index is 0.0971. The summed E-state index contributed by atoms with van der Waals surface area (Å²) in [5.41, 5.74) is 4.94. The second-order valence-electron chi connectivity index (χ2n) is 8.48. The zero-order valence-corrected chi connectivity index (χ0v) is 16.3. The lowest BCUT2D eigenvalue weighted by Crippen LogP contribution is -2.36. The van der Waals surface area contributed by atoms with E-state index in [-0.39, 0.29) is 23.3 Å². The van der Waals surface area contributed by atoms with Gasteiger partial charge in [0.05, 0.1) is 17.2 Å². The van der Waals surface area contributed by atoms with E-state index in [2.05, 4.69) is 44.3 Å². The Balaban J connectivity index is 1.77. The molecule has 26 heavy (non-hydrogen) atoms. The van der Waals surface area contributed by atoms with Crippen LogP contribution in [0.15, 0.2) is 36.4 Å². The SMILES string of the molecule is CC(C)(C)c1ccc2c(c1)C1OCCCC1C(c1ccc(O)c(Cl)c1)N2. The molecule has 0 aliphatic carbocycles. The second-order valence-corrected chi connectivity index (χ2v) is 8.89. The van der Waals surface area contributed by atoms with Crippen molar-refractivity contribution in [3.63, 3.8) is 0 Å². The number of phenols is 1. The van der Waals surface area contributed by atoms with Crippen molar-refractivity contribution in [2.45, 2.75) is 51.2 Å². The number of hydrogen-bond donors (Lipinski definition) is 2. The standard InChI is InChI=1S/C22H26ClNO2/c1-22(2,3)14-7-8-18-16(12-14)21-15(5-4-10-26-21)20(24-18)13-6-9-19(25)17(23)11-13/h6-9,11-12,15,20-21,24-25H,4-5,10H2,1-3H3. The zero-order chi connectivity index (χ0) is 18.5. The number of anilines is 1. The van der Waals surface area contributed by atoms with Gasteiger partial charge in [-0.05, 0) is 47.6 Å². The first-order valence-corrected chi connectivity index (χ1v) is 9.73. The predicted molar refractivity (Wildman–Crippen MR) is 106 cm³/mol. The van der Waals surface area contributed by atoms with E-state index >= 15 is 0 Å². The number of aromatic hydroxyl groups is 1. The fourth-order valence-electron chi connectivity index (χ4n) is 4.18. The molecule has 3 unspecified atom stereocenters. The van der Waals surface area contributed by atoms with Crippen molar-refractivity contribution < 1.29 is 9.84 Å². The van der Waals surface area contributed by atoms with Crippen LogP contribution in [0, 0.1) is 5.92 Å². The summed E-state index contributed by atoms with van der Waals surface area (Å²) < 4.78 is 6.26. The summed E-state index contributed by atoms with van der Waals surface area (Å²) in [6, 6.07) is 12.3. The highest BCUT2D eigenvalue weighted by atomic mass is 35.5. The highest BCUT2D eigenvalue weighted by molar-refractivity contribution is 6.32. The van der Waals surface area contributed by atoms with Crippen molar-refractivity contribution in [3.05, 3.63) is 58.1 Å². The smallest absolute Gasteiger partial charge is 0.134 e. The summed E-state index contributed by atoms with van der Waals surface area (Å²) >= 11 is 6.17. The lowest BCUT2D eigenvalue weighted by molar-refractivity contribution is -0.0382. The van der Waals surface area contributed by atoms with Gasteiger partial charge >= 0.3 is 0 Å². The third-order valence-corrected chi connectivity index (χ3v) is 5.96. The Morgan fingerprint density at radius 3 is 2.69 bits per heavy atom. The van der Waals surface area contributed by atoms with Gasteiger partial charge in [0, 0.05) is 23.8 Å². The molecule has 0 spiro atoms. The van der Waals surface area contributed by atoms with E-state index in [1.165, 1.54) is 11.1 Å². The van der Waals surface area contributed by atoms with Crippen molar-refractivity contribution in [3.8, 4) is 5.75 Å². The van der Waals surface area contributed by atoms with Crippen LogP contribution in [0.4, 0.5) is 5.69 Å². The molecule has 0 bridgehead atoms. The maximum absolute atomic E-state index is 9.76. The molecule has 2 aliphatic rings. The lowest BCUT2D eigenvalue weighted by atomic mass is 9.76. The van der Waals surface area contributed by atoms with Gasteiger partial charge in [-0.1, -0.05) is 50.6 Å². The van der Waals surface area contributed by atoms with Gasteiger partial charge in [-0.25, -0.2) is 0 Å². The first-order chi connectivity index (χ1) is 12.3. The van der Waals surface area contributed by atoms with Crippen molar-refractivity contribution in [1.29, 1.82) is 0 Å². The van der Waals surface area contributed by atoms with Crippen LogP contribution in [0.25, 0.3) is 0 Å². The lowest BCUT2D eigenvalue weighted by Gasteiger charge is -2.44. The van der Waals surface area contributed by atoms with E-state index in [0.29, 0.717) is 10.9 Å². The molecule has 1 saturated heterocycles. The van der Waals surface area contributed by atoms with E-state index in [9.17, 15) is 5.11 Å². The molecular weight excluding hydrogens is 346 g/mol. The number of nitrogens with one attached hydrogen (secondary N) is 1. The third kappa shape index (κ3) is 3.08. The number of fused-ring (bicyclic) bond motifs is 3. The van der Waals surface area contributed by atoms with Crippen molar-refractivity contribution in [2.24, 2.45) is 5.92 Å². The quantitative estimate of drug-likeness (QED) is 0.648. The van der Waals surface area contributed by atoms with E-state index in [1.807, 2.05) is 12.1 Å². The molecule has 2 aromatic rings. The minimum Gasteiger partial charge on any atom is -0.506 e. The number of halogens is 1. The molecule has 0 amide bonds. The molecule has 2 N–H and O–H groups in total. The molecule has 1 fully saturated rings. The third-order valence-electron chi connectivity index (χ3n) is 5.66. The van der Waals surface area contributed by atoms with Crippen LogP contribution in [-0.4, -0.2) is 11.7 Å². The number of phenolic OH excluding ortho intramolecular Hbond substituents is 1. The fraction of sp³-hybridized carbons (Fsp3) is 0.455. The topological polar surface area (TPSA) is 41.5 Å². The predicted octanol–water partition coefficient (Wildman–Crippen LogP) is 5.98. The van der Waals surface area contributed by atoms with Crippen LogP contribution in [-0.2, 0) is 10.2 Å². The molecule has 4 rings (SSSR count). The van der Waals surface area contributed by atoms with Gasteiger partial charge in [0.1, 0.15) is 5.75 Å². The van der Waals surface area contributed by atoms with Crippen molar-refractivity contribution in [2.75, 3.05) is 11.9 Å². The highest BCUT2D eigenvalue weighted by Crippen LogP contribution is 2.50. The molecule has 3 atom stereocenters. The van der Waals surface area contributed by atoms with Gasteiger partial charge < -0.3 is 15.2 Å². The summed E-state index contributed by atoms with van der Waals surface area (Å²) in [5.74, 6) is 0.477. The largest absolute Gasteiger partial charge is 0.506 e. The minimum absolute atomic E-state index is 0.0971. The monoisotopic (exact) mass is 371 g/mol. The first-order valence-electron chi connectivity index (χ1n) is 9.35. The molecular formula is C22H26ClNO2. The molecule has 0 aromatic heterocycles. The van der Waals surface area contributed by atoms with Gasteiger partial charge in [-0.2, -0.15) is 0 Å². The van der Waals surface area contributed by atoms with Crippen LogP contribution in [0.3, 0.4) is 0 Å². The zero-order valence-electron chi connectivity index (χ0n) is 15.6. The number of rotatable bonds is 1. The molecule has 4 heteroatoms. The van der Waals surface area contributed by atoms with Gasteiger partial charge in [0.25, 0.3) is 0 Å². The van der Waals surface area contributed by atoms with Gasteiger partial charge in [0.15, 0.2) is 0 Å².